The van der Waals surface area contributed by atoms with Crippen LogP contribution in [0.2, 0.25) is 0 Å². The summed E-state index contributed by atoms with van der Waals surface area (Å²) in [5.74, 6) is 2.56. The lowest BCUT2D eigenvalue weighted by Crippen LogP contribution is -2.62. The molecule has 6 aromatic heterocycles. The summed E-state index contributed by atoms with van der Waals surface area (Å²) in [7, 11) is 1.80. The smallest absolute Gasteiger partial charge is 0.332 e. The molecule has 1 aliphatic heterocycles. The number of hydrogen-bond donors (Lipinski definition) is 3. The zero-order valence-electron chi connectivity index (χ0n) is 37.6. The molecule has 342 valence electrons. The van der Waals surface area contributed by atoms with Crippen LogP contribution in [-0.4, -0.2) is 81.8 Å². The Kier molecular flexibility index (Phi) is 8.05. The molecule has 16 rings (SSSR count). The molecular formula is C48H55N13O5. The molecule has 0 radical (unpaired) electrons. The van der Waals surface area contributed by atoms with Crippen LogP contribution in [0.4, 0.5) is 17.6 Å². The van der Waals surface area contributed by atoms with Crippen LogP contribution in [0.3, 0.4) is 0 Å². The number of ether oxygens (including phenoxy) is 2. The van der Waals surface area contributed by atoms with Crippen molar-refractivity contribution in [1.82, 2.24) is 52.8 Å². The third-order valence-corrected chi connectivity index (χ3v) is 17.4. The Hall–Kier alpha value is -5.72. The fourth-order valence-corrected chi connectivity index (χ4v) is 15.6. The van der Waals surface area contributed by atoms with E-state index >= 15 is 4.79 Å². The van der Waals surface area contributed by atoms with Gasteiger partial charge in [0.05, 0.1) is 52.7 Å². The first-order valence-electron chi connectivity index (χ1n) is 24.0. The molecule has 6 atom stereocenters. The molecule has 10 aliphatic rings. The van der Waals surface area contributed by atoms with Gasteiger partial charge in [-0.2, -0.15) is 15.1 Å². The minimum Gasteiger partial charge on any atom is -0.390 e. The SMILES string of the molecule is CC1=CC2OCCC2C=C1Nc1ncc2c(n1)n(C13CC4CC(CC(O)(C4)C1)C3)c(=O)n2COC12CC3CC(C1)CC(n1c(=O)n(C)c4cnc(Nc5cn6ncnc6cc5C)nc41)(C3)C2. The van der Waals surface area contributed by atoms with E-state index in [1.54, 1.807) is 33.1 Å². The van der Waals surface area contributed by atoms with Crippen molar-refractivity contribution < 1.29 is 14.6 Å². The van der Waals surface area contributed by atoms with Crippen molar-refractivity contribution in [1.29, 1.82) is 0 Å². The van der Waals surface area contributed by atoms with E-state index in [2.05, 4.69) is 44.8 Å². The molecule has 6 unspecified atom stereocenters. The first-order chi connectivity index (χ1) is 31.8. The van der Waals surface area contributed by atoms with Gasteiger partial charge in [0, 0.05) is 31.7 Å². The fourth-order valence-electron chi connectivity index (χ4n) is 15.6. The molecule has 18 nitrogen and oxygen atoms in total. The van der Waals surface area contributed by atoms with Gasteiger partial charge in [0.1, 0.15) is 24.1 Å². The summed E-state index contributed by atoms with van der Waals surface area (Å²) in [5, 5.41) is 23.1. The number of aliphatic hydroxyl groups is 1. The van der Waals surface area contributed by atoms with Crippen LogP contribution in [0.25, 0.3) is 28.0 Å². The Morgan fingerprint density at radius 2 is 1.48 bits per heavy atom. The fraction of sp³-hybridized carbons (Fsp3) is 0.583. The molecule has 7 heterocycles. The lowest BCUT2D eigenvalue weighted by molar-refractivity contribution is -0.202. The quantitative estimate of drug-likeness (QED) is 0.163. The highest BCUT2D eigenvalue weighted by Gasteiger charge is 2.61. The minimum atomic E-state index is -0.780. The van der Waals surface area contributed by atoms with Crippen molar-refractivity contribution in [3.05, 3.63) is 80.9 Å². The molecule has 6 aromatic rings. The Labute approximate surface area is 379 Å². The highest BCUT2D eigenvalue weighted by Crippen LogP contribution is 2.63. The van der Waals surface area contributed by atoms with Gasteiger partial charge in [0.15, 0.2) is 16.9 Å². The van der Waals surface area contributed by atoms with Crippen LogP contribution in [-0.2, 0) is 34.3 Å². The van der Waals surface area contributed by atoms with Gasteiger partial charge in [0.2, 0.25) is 11.9 Å². The maximum Gasteiger partial charge on any atom is 0.332 e. The lowest BCUT2D eigenvalue weighted by atomic mass is 9.51. The van der Waals surface area contributed by atoms with Crippen molar-refractivity contribution >= 4 is 45.6 Å². The van der Waals surface area contributed by atoms with Gasteiger partial charge in [-0.25, -0.2) is 29.1 Å². The van der Waals surface area contributed by atoms with Crippen molar-refractivity contribution in [2.75, 3.05) is 17.2 Å². The Balaban J connectivity index is 0.822. The standard InChI is InChI=1S/C48H55N13O5/c1-26-6-37-32(4-5-65-37)10-33(26)53-41-50-20-36-40(56-41)61(45-11-28-8-29(12-45)16-47(64,15-28)22-45)44(63)58(36)25-66-48-17-30-9-31(18-48)14-46(13-30,23-48)60-39-35(57(3)43(60)62)19-49-42(55-39)54-34-21-59-38(7-27(34)2)51-24-52-59/h6-7,10,19-21,24,28-32,37,64H,4-5,8-9,11-18,22-23,25H2,1-3H3,(H,49,54,55)(H,50,53,56). The summed E-state index contributed by atoms with van der Waals surface area (Å²) in [5.41, 5.74) is 4.33. The Morgan fingerprint density at radius 1 is 0.818 bits per heavy atom. The molecule has 3 N–H and O–H groups in total. The van der Waals surface area contributed by atoms with Gasteiger partial charge in [-0.3, -0.25) is 18.3 Å². The second kappa shape index (κ2) is 13.5. The van der Waals surface area contributed by atoms with Crippen molar-refractivity contribution in [2.24, 2.45) is 36.6 Å². The van der Waals surface area contributed by atoms with Crippen LogP contribution >= 0.6 is 0 Å². The van der Waals surface area contributed by atoms with Crippen LogP contribution in [0, 0.1) is 36.5 Å². The average molecular weight is 894 g/mol. The van der Waals surface area contributed by atoms with Gasteiger partial charge in [-0.15, -0.1) is 0 Å². The van der Waals surface area contributed by atoms with Crippen LogP contribution < -0.4 is 22.0 Å². The summed E-state index contributed by atoms with van der Waals surface area (Å²) in [4.78, 5) is 53.9. The molecule has 66 heavy (non-hydrogen) atoms. The van der Waals surface area contributed by atoms with Crippen LogP contribution in [0.1, 0.15) is 96.0 Å². The summed E-state index contributed by atoms with van der Waals surface area (Å²) >= 11 is 0. The van der Waals surface area contributed by atoms with E-state index in [0.29, 0.717) is 76.7 Å². The van der Waals surface area contributed by atoms with E-state index in [4.69, 9.17) is 24.4 Å². The molecule has 0 aromatic carbocycles. The van der Waals surface area contributed by atoms with E-state index in [0.717, 1.165) is 105 Å². The summed E-state index contributed by atoms with van der Waals surface area (Å²) in [6.07, 6.45) is 22.5. The highest BCUT2D eigenvalue weighted by molar-refractivity contribution is 5.74. The van der Waals surface area contributed by atoms with Crippen molar-refractivity contribution in [2.45, 2.75) is 132 Å². The largest absolute Gasteiger partial charge is 0.390 e. The number of fused-ring (bicyclic) bond motifs is 4. The second-order valence-electron chi connectivity index (χ2n) is 22.0. The number of allylic oxidation sites excluding steroid dienone is 1. The normalized spacial score (nSPS) is 35.0. The van der Waals surface area contributed by atoms with Gasteiger partial charge in [-0.1, -0.05) is 12.2 Å². The number of imidazole rings is 2. The van der Waals surface area contributed by atoms with E-state index in [1.165, 1.54) is 6.33 Å². The predicted molar refractivity (Wildman–Crippen MR) is 243 cm³/mol. The lowest BCUT2D eigenvalue weighted by Gasteiger charge is -2.61. The van der Waals surface area contributed by atoms with Crippen LogP contribution in [0.5, 0.6) is 0 Å². The number of anilines is 3. The van der Waals surface area contributed by atoms with Crippen molar-refractivity contribution in [3.8, 4) is 0 Å². The number of aryl methyl sites for hydroxylation is 2. The van der Waals surface area contributed by atoms with Gasteiger partial charge >= 0.3 is 11.4 Å². The third-order valence-electron chi connectivity index (χ3n) is 17.4. The van der Waals surface area contributed by atoms with Gasteiger partial charge in [0.25, 0.3) is 0 Å². The number of pyridine rings is 1. The number of rotatable bonds is 9. The van der Waals surface area contributed by atoms with Gasteiger partial charge < -0.3 is 25.2 Å². The van der Waals surface area contributed by atoms with Crippen LogP contribution in [0.15, 0.2) is 64.0 Å². The van der Waals surface area contributed by atoms with E-state index < -0.39 is 22.3 Å². The minimum absolute atomic E-state index is 0.0351. The average Bonchev–Trinajstić information content (AvgIpc) is 4.03. The number of nitrogens with zero attached hydrogens (tertiary/aromatic N) is 11. The Bertz CT molecular complexity index is 3220. The zero-order valence-corrected chi connectivity index (χ0v) is 37.6. The predicted octanol–water partition coefficient (Wildman–Crippen LogP) is 5.55. The molecule has 18 heteroatoms. The summed E-state index contributed by atoms with van der Waals surface area (Å²) < 4.78 is 22.2. The monoisotopic (exact) mass is 893 g/mol. The molecular weight excluding hydrogens is 839 g/mol. The Morgan fingerprint density at radius 3 is 2.23 bits per heavy atom. The van der Waals surface area contributed by atoms with E-state index in [-0.39, 0.29) is 24.2 Å². The topological polar surface area (TPSA) is 198 Å². The molecule has 8 bridgehead atoms. The molecule has 1 saturated heterocycles. The van der Waals surface area contributed by atoms with E-state index in [9.17, 15) is 9.90 Å². The molecule has 0 spiro atoms. The third kappa shape index (κ3) is 5.76. The molecule has 9 fully saturated rings. The van der Waals surface area contributed by atoms with Crippen molar-refractivity contribution in [3.63, 3.8) is 0 Å². The summed E-state index contributed by atoms with van der Waals surface area (Å²) in [6.45, 7) is 4.85. The zero-order chi connectivity index (χ0) is 44.5. The molecule has 8 saturated carbocycles. The first kappa shape index (κ1) is 39.4. The highest BCUT2D eigenvalue weighted by atomic mass is 16.5. The number of aromatic nitrogens is 11. The second-order valence-corrected chi connectivity index (χ2v) is 22.0. The number of nitrogens with one attached hydrogen (secondary N) is 2. The van der Waals surface area contributed by atoms with Gasteiger partial charge in [-0.05, 0) is 132 Å². The van der Waals surface area contributed by atoms with E-state index in [1.807, 2.05) is 28.3 Å². The molecule has 9 aliphatic carbocycles. The summed E-state index contributed by atoms with van der Waals surface area (Å²) in [6, 6.07) is 1.95. The maximum atomic E-state index is 15.3. The number of hydrogen-bond acceptors (Lipinski definition) is 13. The molecule has 0 amide bonds. The maximum absolute atomic E-state index is 15.3. The first-order valence-corrected chi connectivity index (χ1v) is 24.0.